The average Bonchev–Trinajstić information content (AvgIpc) is 2.98. The van der Waals surface area contributed by atoms with E-state index in [4.69, 9.17) is 9.47 Å². The molecule has 1 unspecified atom stereocenters. The molecule has 5 nitrogen and oxygen atoms in total. The van der Waals surface area contributed by atoms with Crippen molar-refractivity contribution in [2.45, 2.75) is 181 Å². The normalized spacial score (nSPS) is 15.3. The molecule has 0 aliphatic carbocycles. The molecule has 0 radical (unpaired) electrons. The van der Waals surface area contributed by atoms with Crippen molar-refractivity contribution in [3.8, 4) is 0 Å². The third-order valence-corrected chi connectivity index (χ3v) is 9.29. The Kier molecular flexibility index (Phi) is 24.5. The zero-order chi connectivity index (χ0) is 30.0. The topological polar surface area (TPSA) is 55.8 Å². The van der Waals surface area contributed by atoms with E-state index in [0.717, 1.165) is 64.0 Å². The van der Waals surface area contributed by atoms with Crippen molar-refractivity contribution in [2.75, 3.05) is 26.7 Å². The molecule has 1 fully saturated rings. The van der Waals surface area contributed by atoms with Crippen LogP contribution < -0.4 is 0 Å². The second-order valence-corrected chi connectivity index (χ2v) is 13.0. The summed E-state index contributed by atoms with van der Waals surface area (Å²) in [6.45, 7) is 8.92. The van der Waals surface area contributed by atoms with Gasteiger partial charge in [-0.05, 0) is 58.2 Å². The molecule has 1 aliphatic rings. The van der Waals surface area contributed by atoms with Crippen LogP contribution in [-0.4, -0.2) is 49.7 Å². The summed E-state index contributed by atoms with van der Waals surface area (Å²) in [4.78, 5) is 27.6. The van der Waals surface area contributed by atoms with E-state index in [2.05, 4.69) is 32.7 Å². The molecule has 1 atom stereocenters. The van der Waals surface area contributed by atoms with Crippen LogP contribution in [-0.2, 0) is 19.1 Å². The van der Waals surface area contributed by atoms with Crippen LogP contribution in [0.1, 0.15) is 175 Å². The molecule has 0 spiro atoms. The number of nitrogens with zero attached hydrogens (tertiary/aromatic N) is 1. The van der Waals surface area contributed by atoms with E-state index >= 15 is 0 Å². The van der Waals surface area contributed by atoms with Gasteiger partial charge in [-0.15, -0.1) is 0 Å². The molecule has 0 aromatic heterocycles. The molecule has 242 valence electrons. The smallest absolute Gasteiger partial charge is 0.309 e. The van der Waals surface area contributed by atoms with E-state index in [9.17, 15) is 9.59 Å². The van der Waals surface area contributed by atoms with E-state index in [-0.39, 0.29) is 30.6 Å². The highest BCUT2D eigenvalue weighted by Gasteiger charge is 2.27. The van der Waals surface area contributed by atoms with Gasteiger partial charge in [0.05, 0.1) is 5.92 Å². The van der Waals surface area contributed by atoms with Crippen molar-refractivity contribution >= 4 is 11.9 Å². The first-order valence-corrected chi connectivity index (χ1v) is 18.0. The van der Waals surface area contributed by atoms with Crippen LogP contribution in [0.2, 0.25) is 0 Å². The number of hydrogen-bond acceptors (Lipinski definition) is 5. The summed E-state index contributed by atoms with van der Waals surface area (Å²) in [5.74, 6) is 0.569. The van der Waals surface area contributed by atoms with E-state index in [0.29, 0.717) is 6.42 Å². The maximum atomic E-state index is 12.9. The Morgan fingerprint density at radius 1 is 0.683 bits per heavy atom. The van der Waals surface area contributed by atoms with E-state index in [1.54, 1.807) is 0 Å². The minimum Gasteiger partial charge on any atom is -0.462 e. The molecule has 0 saturated carbocycles. The Morgan fingerprint density at radius 3 is 1.71 bits per heavy atom. The molecule has 5 heteroatoms. The van der Waals surface area contributed by atoms with Crippen LogP contribution >= 0.6 is 0 Å². The largest absolute Gasteiger partial charge is 0.462 e. The number of rotatable bonds is 27. The molecule has 1 aliphatic heterocycles. The van der Waals surface area contributed by atoms with Gasteiger partial charge in [0.15, 0.2) is 0 Å². The fourth-order valence-electron chi connectivity index (χ4n) is 6.08. The summed E-state index contributed by atoms with van der Waals surface area (Å²) in [5, 5.41) is 0. The fourth-order valence-corrected chi connectivity index (χ4v) is 6.08. The monoisotopic (exact) mass is 580 g/mol. The fraction of sp³-hybridized carbons (Fsp3) is 0.944. The second-order valence-electron chi connectivity index (χ2n) is 13.0. The predicted octanol–water partition coefficient (Wildman–Crippen LogP) is 10.0. The lowest BCUT2D eigenvalue weighted by Gasteiger charge is -2.29. The van der Waals surface area contributed by atoms with E-state index < -0.39 is 0 Å². The van der Waals surface area contributed by atoms with Crippen LogP contribution in [0.5, 0.6) is 0 Å². The molecular weight excluding hydrogens is 510 g/mol. The first kappa shape index (κ1) is 37.9. The number of hydrogen-bond donors (Lipinski definition) is 0. The van der Waals surface area contributed by atoms with Crippen LogP contribution in [0.15, 0.2) is 0 Å². The molecule has 1 rings (SSSR count). The number of ether oxygens (including phenoxy) is 2. The number of carbonyl (C=O) groups is 2. The van der Waals surface area contributed by atoms with E-state index in [1.807, 2.05) is 0 Å². The van der Waals surface area contributed by atoms with Crippen molar-refractivity contribution in [1.29, 1.82) is 0 Å². The molecule has 41 heavy (non-hydrogen) atoms. The third kappa shape index (κ3) is 21.3. The van der Waals surface area contributed by atoms with Crippen molar-refractivity contribution in [3.63, 3.8) is 0 Å². The van der Waals surface area contributed by atoms with Gasteiger partial charge in [0.2, 0.25) is 0 Å². The number of carbonyl (C=O) groups excluding carboxylic acids is 2. The van der Waals surface area contributed by atoms with Gasteiger partial charge in [-0.3, -0.25) is 9.59 Å². The maximum Gasteiger partial charge on any atom is 0.309 e. The molecule has 0 aromatic rings. The summed E-state index contributed by atoms with van der Waals surface area (Å²) in [7, 11) is 2.10. The molecule has 0 bridgehead atoms. The van der Waals surface area contributed by atoms with Crippen LogP contribution in [0.3, 0.4) is 0 Å². The Bertz CT molecular complexity index is 613. The average molecular weight is 580 g/mol. The van der Waals surface area contributed by atoms with Crippen LogP contribution in [0.4, 0.5) is 0 Å². The Morgan fingerprint density at radius 2 is 1.17 bits per heavy atom. The summed E-state index contributed by atoms with van der Waals surface area (Å²) < 4.78 is 11.6. The highest BCUT2D eigenvalue weighted by atomic mass is 16.6. The molecule has 1 heterocycles. The summed E-state index contributed by atoms with van der Waals surface area (Å²) in [6.07, 6.45) is 28.1. The highest BCUT2D eigenvalue weighted by molar-refractivity contribution is 5.73. The van der Waals surface area contributed by atoms with Gasteiger partial charge in [0.1, 0.15) is 12.7 Å². The number of esters is 2. The summed E-state index contributed by atoms with van der Waals surface area (Å²) in [5.41, 5.74) is 0. The predicted molar refractivity (Wildman–Crippen MR) is 173 cm³/mol. The lowest BCUT2D eigenvalue weighted by Crippen LogP contribution is -2.36. The van der Waals surface area contributed by atoms with Gasteiger partial charge in [-0.2, -0.15) is 0 Å². The lowest BCUT2D eigenvalue weighted by atomic mass is 9.95. The lowest BCUT2D eigenvalue weighted by molar-refractivity contribution is -0.164. The first-order valence-electron chi connectivity index (χ1n) is 18.0. The molecular formula is C36H69NO4. The Labute approximate surface area is 255 Å². The van der Waals surface area contributed by atoms with Crippen molar-refractivity contribution in [3.05, 3.63) is 0 Å². The molecule has 1 saturated heterocycles. The van der Waals surface area contributed by atoms with Gasteiger partial charge in [-0.25, -0.2) is 0 Å². The minimum atomic E-state index is -0.310. The summed E-state index contributed by atoms with van der Waals surface area (Å²) in [6, 6.07) is 0. The second kappa shape index (κ2) is 26.5. The summed E-state index contributed by atoms with van der Waals surface area (Å²) >= 11 is 0. The van der Waals surface area contributed by atoms with Crippen molar-refractivity contribution in [1.82, 2.24) is 4.90 Å². The maximum absolute atomic E-state index is 12.9. The van der Waals surface area contributed by atoms with Gasteiger partial charge in [0.25, 0.3) is 0 Å². The van der Waals surface area contributed by atoms with Crippen LogP contribution in [0.25, 0.3) is 0 Å². The van der Waals surface area contributed by atoms with Gasteiger partial charge in [-0.1, -0.05) is 136 Å². The minimum absolute atomic E-state index is 0.0187. The molecule has 0 aromatic carbocycles. The Balaban J connectivity index is 2.20. The standard InChI is InChI=1S/C36H69NO4/c1-5-8-9-10-11-12-13-14-15-16-17-18-19-23-26-35(38)40-31-34(25-22-20-21-24-32(6-2)7-3)41-36(39)33-27-29-37(4)30-28-33/h32-34H,5-31H2,1-4H3. The quantitative estimate of drug-likeness (QED) is 0.0716. The first-order chi connectivity index (χ1) is 20.0. The van der Waals surface area contributed by atoms with Crippen molar-refractivity contribution in [2.24, 2.45) is 11.8 Å². The molecule has 0 N–H and O–H groups in total. The van der Waals surface area contributed by atoms with Gasteiger partial charge < -0.3 is 14.4 Å². The number of unbranched alkanes of at least 4 members (excludes halogenated alkanes) is 15. The van der Waals surface area contributed by atoms with Gasteiger partial charge in [0, 0.05) is 6.42 Å². The Hall–Kier alpha value is -1.10. The van der Waals surface area contributed by atoms with Crippen molar-refractivity contribution < 1.29 is 19.1 Å². The molecule has 0 amide bonds. The third-order valence-electron chi connectivity index (χ3n) is 9.29. The number of likely N-dealkylation sites (tertiary alicyclic amines) is 1. The van der Waals surface area contributed by atoms with Gasteiger partial charge >= 0.3 is 11.9 Å². The number of piperidine rings is 1. The van der Waals surface area contributed by atoms with E-state index in [1.165, 1.54) is 103 Å². The SMILES string of the molecule is CCCCCCCCCCCCCCCCC(=O)OCC(CCCCCC(CC)CC)OC(=O)C1CCN(C)CC1. The highest BCUT2D eigenvalue weighted by Crippen LogP contribution is 2.21. The zero-order valence-electron chi connectivity index (χ0n) is 27.9. The van der Waals surface area contributed by atoms with Crippen LogP contribution in [0, 0.1) is 11.8 Å². The zero-order valence-corrected chi connectivity index (χ0v) is 27.9.